The standard InChI is InChI=1S/C12H13FN2O4/c1-7-3-4-8(5-9(7)13)11(17)19-6-10(16)15-12(18)14-2/h3-5H,6H2,1-2H3,(H2,14,15,16,18). The number of esters is 1. The van der Waals surface area contributed by atoms with Crippen molar-refractivity contribution >= 4 is 17.9 Å². The number of urea groups is 1. The molecular weight excluding hydrogens is 255 g/mol. The summed E-state index contributed by atoms with van der Waals surface area (Å²) in [5, 5.41) is 4.08. The van der Waals surface area contributed by atoms with Gasteiger partial charge in [-0.1, -0.05) is 6.07 Å². The number of hydrogen-bond donors (Lipinski definition) is 2. The van der Waals surface area contributed by atoms with Gasteiger partial charge in [-0.3, -0.25) is 10.1 Å². The van der Waals surface area contributed by atoms with E-state index in [1.54, 1.807) is 6.92 Å². The molecule has 6 nitrogen and oxygen atoms in total. The normalized spacial score (nSPS) is 9.63. The summed E-state index contributed by atoms with van der Waals surface area (Å²) in [5.74, 6) is -2.16. The van der Waals surface area contributed by atoms with Crippen LogP contribution in [0, 0.1) is 12.7 Å². The van der Waals surface area contributed by atoms with Crippen molar-refractivity contribution < 1.29 is 23.5 Å². The fraction of sp³-hybridized carbons (Fsp3) is 0.250. The molecule has 3 amide bonds. The SMILES string of the molecule is CNC(=O)NC(=O)COC(=O)c1ccc(C)c(F)c1. The van der Waals surface area contributed by atoms with Crippen LogP contribution in [0.5, 0.6) is 0 Å². The zero-order chi connectivity index (χ0) is 14.4. The van der Waals surface area contributed by atoms with Gasteiger partial charge < -0.3 is 10.1 Å². The highest BCUT2D eigenvalue weighted by molar-refractivity contribution is 5.96. The van der Waals surface area contributed by atoms with Gasteiger partial charge in [0.1, 0.15) is 5.82 Å². The van der Waals surface area contributed by atoms with E-state index in [-0.39, 0.29) is 5.56 Å². The number of carbonyl (C=O) groups is 3. The van der Waals surface area contributed by atoms with Gasteiger partial charge in [-0.25, -0.2) is 14.0 Å². The van der Waals surface area contributed by atoms with Crippen LogP contribution in [0.1, 0.15) is 15.9 Å². The molecule has 0 unspecified atom stereocenters. The Morgan fingerprint density at radius 3 is 2.58 bits per heavy atom. The summed E-state index contributed by atoms with van der Waals surface area (Å²) >= 11 is 0. The van der Waals surface area contributed by atoms with Crippen molar-refractivity contribution in [2.75, 3.05) is 13.7 Å². The molecule has 0 aliphatic carbocycles. The minimum atomic E-state index is -0.842. The molecule has 102 valence electrons. The maximum absolute atomic E-state index is 13.2. The smallest absolute Gasteiger partial charge is 0.338 e. The second-order valence-corrected chi connectivity index (χ2v) is 3.67. The monoisotopic (exact) mass is 268 g/mol. The van der Waals surface area contributed by atoms with E-state index >= 15 is 0 Å². The van der Waals surface area contributed by atoms with Gasteiger partial charge in [0.05, 0.1) is 5.56 Å². The predicted molar refractivity (Wildman–Crippen MR) is 64.0 cm³/mol. The average Bonchev–Trinajstić information content (AvgIpc) is 2.39. The number of amides is 3. The van der Waals surface area contributed by atoms with E-state index in [2.05, 4.69) is 10.1 Å². The Labute approximate surface area is 108 Å². The summed E-state index contributed by atoms with van der Waals surface area (Å²) in [5.41, 5.74) is 0.393. The second-order valence-electron chi connectivity index (χ2n) is 3.67. The zero-order valence-electron chi connectivity index (χ0n) is 10.5. The number of rotatable bonds is 3. The first-order chi connectivity index (χ1) is 8.93. The maximum Gasteiger partial charge on any atom is 0.338 e. The van der Waals surface area contributed by atoms with Crippen molar-refractivity contribution in [3.05, 3.63) is 35.1 Å². The Kier molecular flexibility index (Phi) is 4.99. The Bertz CT molecular complexity index is 516. The third-order valence-electron chi connectivity index (χ3n) is 2.22. The van der Waals surface area contributed by atoms with E-state index in [1.165, 1.54) is 19.2 Å². The van der Waals surface area contributed by atoms with E-state index in [0.717, 1.165) is 6.07 Å². The van der Waals surface area contributed by atoms with Gasteiger partial charge in [0.15, 0.2) is 6.61 Å². The number of carbonyl (C=O) groups excluding carboxylic acids is 3. The molecule has 0 heterocycles. The van der Waals surface area contributed by atoms with Crippen LogP contribution in [0.15, 0.2) is 18.2 Å². The van der Waals surface area contributed by atoms with Gasteiger partial charge in [-0.2, -0.15) is 0 Å². The van der Waals surface area contributed by atoms with Gasteiger partial charge >= 0.3 is 12.0 Å². The fourth-order valence-corrected chi connectivity index (χ4v) is 1.16. The highest BCUT2D eigenvalue weighted by Gasteiger charge is 2.12. The van der Waals surface area contributed by atoms with E-state index < -0.39 is 30.3 Å². The molecule has 0 aliphatic heterocycles. The van der Waals surface area contributed by atoms with Gasteiger partial charge in [-0.15, -0.1) is 0 Å². The van der Waals surface area contributed by atoms with Crippen LogP contribution < -0.4 is 10.6 Å². The van der Waals surface area contributed by atoms with Gasteiger partial charge in [0, 0.05) is 7.05 Å². The number of benzene rings is 1. The lowest BCUT2D eigenvalue weighted by Gasteiger charge is -2.06. The largest absolute Gasteiger partial charge is 0.452 e. The first-order valence-electron chi connectivity index (χ1n) is 5.39. The van der Waals surface area contributed by atoms with Crippen molar-refractivity contribution in [3.8, 4) is 0 Å². The first-order valence-corrected chi connectivity index (χ1v) is 5.39. The maximum atomic E-state index is 13.2. The van der Waals surface area contributed by atoms with Crippen molar-refractivity contribution in [1.82, 2.24) is 10.6 Å². The summed E-state index contributed by atoms with van der Waals surface area (Å²) < 4.78 is 17.8. The molecule has 0 saturated carbocycles. The topological polar surface area (TPSA) is 84.5 Å². The second kappa shape index (κ2) is 6.48. The lowest BCUT2D eigenvalue weighted by molar-refractivity contribution is -0.123. The van der Waals surface area contributed by atoms with Crippen LogP contribution in [0.4, 0.5) is 9.18 Å². The molecular formula is C12H13FN2O4. The Morgan fingerprint density at radius 1 is 1.32 bits per heavy atom. The quantitative estimate of drug-likeness (QED) is 0.792. The predicted octanol–water partition coefficient (Wildman–Crippen LogP) is 0.747. The van der Waals surface area contributed by atoms with Crippen molar-refractivity contribution in [2.45, 2.75) is 6.92 Å². The summed E-state index contributed by atoms with van der Waals surface area (Å²) in [7, 11) is 1.34. The molecule has 0 bridgehead atoms. The van der Waals surface area contributed by atoms with E-state index in [9.17, 15) is 18.8 Å². The van der Waals surface area contributed by atoms with Crippen LogP contribution in [-0.4, -0.2) is 31.6 Å². The number of ether oxygens (including phenoxy) is 1. The molecule has 0 radical (unpaired) electrons. The van der Waals surface area contributed by atoms with Crippen molar-refractivity contribution in [1.29, 1.82) is 0 Å². The number of halogens is 1. The fourth-order valence-electron chi connectivity index (χ4n) is 1.16. The molecule has 0 spiro atoms. The Morgan fingerprint density at radius 2 is 2.00 bits per heavy atom. The van der Waals surface area contributed by atoms with Crippen LogP contribution in [0.3, 0.4) is 0 Å². The average molecular weight is 268 g/mol. The number of imide groups is 1. The lowest BCUT2D eigenvalue weighted by atomic mass is 10.1. The van der Waals surface area contributed by atoms with Crippen molar-refractivity contribution in [2.24, 2.45) is 0 Å². The molecule has 0 atom stereocenters. The zero-order valence-corrected chi connectivity index (χ0v) is 10.5. The van der Waals surface area contributed by atoms with E-state index in [0.29, 0.717) is 5.56 Å². The molecule has 0 aromatic heterocycles. The van der Waals surface area contributed by atoms with Crippen LogP contribution in [0.2, 0.25) is 0 Å². The summed E-state index contributed by atoms with van der Waals surface area (Å²) in [6.07, 6.45) is 0. The minimum Gasteiger partial charge on any atom is -0.452 e. The molecule has 1 rings (SSSR count). The molecule has 0 fully saturated rings. The summed E-state index contributed by atoms with van der Waals surface area (Å²) in [6.45, 7) is 0.934. The Hall–Kier alpha value is -2.44. The number of nitrogens with one attached hydrogen (secondary N) is 2. The van der Waals surface area contributed by atoms with Gasteiger partial charge in [0.25, 0.3) is 5.91 Å². The molecule has 0 saturated heterocycles. The lowest BCUT2D eigenvalue weighted by Crippen LogP contribution is -2.39. The van der Waals surface area contributed by atoms with Gasteiger partial charge in [0.2, 0.25) is 0 Å². The molecule has 1 aromatic rings. The van der Waals surface area contributed by atoms with Crippen LogP contribution in [0.25, 0.3) is 0 Å². The minimum absolute atomic E-state index is 0.00385. The third-order valence-corrected chi connectivity index (χ3v) is 2.22. The van der Waals surface area contributed by atoms with Crippen LogP contribution >= 0.6 is 0 Å². The highest BCUT2D eigenvalue weighted by Crippen LogP contribution is 2.10. The molecule has 7 heteroatoms. The number of hydrogen-bond acceptors (Lipinski definition) is 4. The Balaban J connectivity index is 2.53. The third kappa shape index (κ3) is 4.38. The van der Waals surface area contributed by atoms with E-state index in [4.69, 9.17) is 0 Å². The molecule has 1 aromatic carbocycles. The van der Waals surface area contributed by atoms with Gasteiger partial charge in [-0.05, 0) is 24.6 Å². The van der Waals surface area contributed by atoms with Crippen LogP contribution in [-0.2, 0) is 9.53 Å². The molecule has 0 aliphatic rings. The van der Waals surface area contributed by atoms with Crippen molar-refractivity contribution in [3.63, 3.8) is 0 Å². The first kappa shape index (κ1) is 14.6. The number of aryl methyl sites for hydroxylation is 1. The summed E-state index contributed by atoms with van der Waals surface area (Å²) in [4.78, 5) is 33.4. The summed E-state index contributed by atoms with van der Waals surface area (Å²) in [6, 6.07) is 3.13. The molecule has 19 heavy (non-hydrogen) atoms. The molecule has 2 N–H and O–H groups in total. The van der Waals surface area contributed by atoms with E-state index in [1.807, 2.05) is 5.32 Å². The highest BCUT2D eigenvalue weighted by atomic mass is 19.1.